The molecular formula is C13H12N2O2. The molecule has 0 bridgehead atoms. The van der Waals surface area contributed by atoms with Gasteiger partial charge in [0.2, 0.25) is 0 Å². The molecule has 0 atom stereocenters. The lowest BCUT2D eigenvalue weighted by Gasteiger charge is -1.93. The molecule has 0 unspecified atom stereocenters. The van der Waals surface area contributed by atoms with Crippen LogP contribution in [0.2, 0.25) is 0 Å². The summed E-state index contributed by atoms with van der Waals surface area (Å²) in [5.41, 5.74) is 2.60. The third-order valence-corrected chi connectivity index (χ3v) is 2.38. The number of rotatable bonds is 3. The van der Waals surface area contributed by atoms with Crippen molar-refractivity contribution >= 4 is 12.0 Å². The van der Waals surface area contributed by atoms with Crippen LogP contribution in [0, 0.1) is 0 Å². The van der Waals surface area contributed by atoms with Crippen LogP contribution in [0.5, 0.6) is 0 Å². The van der Waals surface area contributed by atoms with Crippen molar-refractivity contribution in [3.05, 3.63) is 48.2 Å². The van der Waals surface area contributed by atoms with Gasteiger partial charge in [0.1, 0.15) is 0 Å². The van der Waals surface area contributed by atoms with Gasteiger partial charge in [0.15, 0.2) is 0 Å². The molecule has 0 fully saturated rings. The van der Waals surface area contributed by atoms with Crippen LogP contribution in [0.25, 0.3) is 17.3 Å². The summed E-state index contributed by atoms with van der Waals surface area (Å²) in [7, 11) is 1.79. The average Bonchev–Trinajstić information content (AvgIpc) is 2.69. The number of carboxylic acid groups (broad SMARTS) is 1. The van der Waals surface area contributed by atoms with Crippen LogP contribution in [0.4, 0.5) is 0 Å². The Hall–Kier alpha value is -2.36. The number of carbonyl (C=O) groups is 1. The van der Waals surface area contributed by atoms with Crippen molar-refractivity contribution < 1.29 is 9.90 Å². The maximum Gasteiger partial charge on any atom is 0.328 e. The molecule has 0 aliphatic rings. The highest BCUT2D eigenvalue weighted by atomic mass is 16.4. The number of aliphatic carboxylic acids is 1. The molecule has 0 aliphatic carbocycles. The molecule has 0 amide bonds. The fourth-order valence-corrected chi connectivity index (χ4v) is 1.54. The molecule has 0 aliphatic heterocycles. The van der Waals surface area contributed by atoms with Gasteiger partial charge >= 0.3 is 5.97 Å². The molecule has 0 saturated carbocycles. The molecule has 0 saturated heterocycles. The quantitative estimate of drug-likeness (QED) is 0.819. The molecule has 1 N–H and O–H groups in total. The molecule has 4 heteroatoms. The monoisotopic (exact) mass is 228 g/mol. The predicted octanol–water partition coefficient (Wildman–Crippen LogP) is 2.18. The maximum absolute atomic E-state index is 10.4. The second-order valence-corrected chi connectivity index (χ2v) is 3.62. The summed E-state index contributed by atoms with van der Waals surface area (Å²) in [4.78, 5) is 10.4. The van der Waals surface area contributed by atoms with Crippen LogP contribution < -0.4 is 0 Å². The van der Waals surface area contributed by atoms with Gasteiger partial charge in [-0.25, -0.2) is 4.79 Å². The van der Waals surface area contributed by atoms with Gasteiger partial charge in [-0.3, -0.25) is 4.68 Å². The van der Waals surface area contributed by atoms with Crippen molar-refractivity contribution in [1.29, 1.82) is 0 Å². The lowest BCUT2D eigenvalue weighted by Crippen LogP contribution is -1.94. The average molecular weight is 228 g/mol. The number of aryl methyl sites for hydroxylation is 1. The Balaban J connectivity index is 2.34. The highest BCUT2D eigenvalue weighted by Crippen LogP contribution is 2.18. The number of aromatic nitrogens is 2. The van der Waals surface area contributed by atoms with Crippen molar-refractivity contribution in [3.8, 4) is 11.3 Å². The van der Waals surface area contributed by atoms with Gasteiger partial charge in [-0.2, -0.15) is 5.10 Å². The number of benzene rings is 1. The first-order chi connectivity index (χ1) is 8.16. The molecule has 0 radical (unpaired) electrons. The summed E-state index contributed by atoms with van der Waals surface area (Å²) < 4.78 is 1.65. The molecule has 86 valence electrons. The van der Waals surface area contributed by atoms with E-state index in [2.05, 4.69) is 5.10 Å². The highest BCUT2D eigenvalue weighted by molar-refractivity contribution is 5.85. The van der Waals surface area contributed by atoms with E-state index in [1.807, 2.05) is 36.4 Å². The van der Waals surface area contributed by atoms with Crippen molar-refractivity contribution in [2.75, 3.05) is 0 Å². The molecule has 1 aromatic carbocycles. The standard InChI is InChI=1S/C13H12N2O2/c1-15-11(7-8-13(16)17)9-12(14-15)10-5-3-2-4-6-10/h2-9H,1H3,(H,16,17)/b8-7+. The van der Waals surface area contributed by atoms with Crippen LogP contribution in [-0.4, -0.2) is 20.9 Å². The van der Waals surface area contributed by atoms with Gasteiger partial charge in [-0.05, 0) is 12.1 Å². The van der Waals surface area contributed by atoms with Gasteiger partial charge < -0.3 is 5.11 Å². The smallest absolute Gasteiger partial charge is 0.328 e. The molecule has 1 aromatic heterocycles. The van der Waals surface area contributed by atoms with Crippen LogP contribution >= 0.6 is 0 Å². The number of hydrogen-bond acceptors (Lipinski definition) is 2. The molecular weight excluding hydrogens is 216 g/mol. The third-order valence-electron chi connectivity index (χ3n) is 2.38. The summed E-state index contributed by atoms with van der Waals surface area (Å²) in [5.74, 6) is -0.965. The second-order valence-electron chi connectivity index (χ2n) is 3.62. The Kier molecular flexibility index (Phi) is 3.05. The third kappa shape index (κ3) is 2.60. The Labute approximate surface area is 98.8 Å². The van der Waals surface area contributed by atoms with E-state index in [9.17, 15) is 4.79 Å². The lowest BCUT2D eigenvalue weighted by atomic mass is 10.1. The summed E-state index contributed by atoms with van der Waals surface area (Å²) in [5, 5.41) is 12.9. The Morgan fingerprint density at radius 2 is 2.06 bits per heavy atom. The normalized spacial score (nSPS) is 10.9. The van der Waals surface area contributed by atoms with E-state index < -0.39 is 5.97 Å². The van der Waals surface area contributed by atoms with Gasteiger partial charge in [0, 0.05) is 18.7 Å². The first-order valence-electron chi connectivity index (χ1n) is 5.17. The lowest BCUT2D eigenvalue weighted by molar-refractivity contribution is -0.131. The van der Waals surface area contributed by atoms with Gasteiger partial charge in [-0.15, -0.1) is 0 Å². The van der Waals surface area contributed by atoms with Crippen LogP contribution in [0.15, 0.2) is 42.5 Å². The summed E-state index contributed by atoms with van der Waals surface area (Å²) in [6.45, 7) is 0. The van der Waals surface area contributed by atoms with E-state index in [-0.39, 0.29) is 0 Å². The molecule has 2 aromatic rings. The van der Waals surface area contributed by atoms with Crippen molar-refractivity contribution in [2.24, 2.45) is 7.05 Å². The Morgan fingerprint density at radius 1 is 1.35 bits per heavy atom. The minimum absolute atomic E-state index is 0.756. The van der Waals surface area contributed by atoms with E-state index in [0.29, 0.717) is 0 Å². The first kappa shape index (κ1) is 11.1. The van der Waals surface area contributed by atoms with E-state index >= 15 is 0 Å². The van der Waals surface area contributed by atoms with Gasteiger partial charge in [-0.1, -0.05) is 30.3 Å². The zero-order valence-electron chi connectivity index (χ0n) is 9.37. The minimum atomic E-state index is -0.965. The number of nitrogens with zero attached hydrogens (tertiary/aromatic N) is 2. The van der Waals surface area contributed by atoms with Gasteiger partial charge in [0.05, 0.1) is 11.4 Å². The maximum atomic E-state index is 10.4. The first-order valence-corrected chi connectivity index (χ1v) is 5.17. The van der Waals surface area contributed by atoms with Crippen LogP contribution in [-0.2, 0) is 11.8 Å². The summed E-state index contributed by atoms with van der Waals surface area (Å²) >= 11 is 0. The fraction of sp³-hybridized carbons (Fsp3) is 0.0769. The summed E-state index contributed by atoms with van der Waals surface area (Å²) in [6.07, 6.45) is 2.63. The van der Waals surface area contributed by atoms with Crippen LogP contribution in [0.1, 0.15) is 5.69 Å². The van der Waals surface area contributed by atoms with Crippen molar-refractivity contribution in [2.45, 2.75) is 0 Å². The van der Waals surface area contributed by atoms with Crippen molar-refractivity contribution in [1.82, 2.24) is 9.78 Å². The van der Waals surface area contributed by atoms with Crippen molar-refractivity contribution in [3.63, 3.8) is 0 Å². The molecule has 2 rings (SSSR count). The largest absolute Gasteiger partial charge is 0.478 e. The topological polar surface area (TPSA) is 55.1 Å². The van der Waals surface area contributed by atoms with E-state index in [0.717, 1.165) is 23.0 Å². The highest BCUT2D eigenvalue weighted by Gasteiger charge is 2.04. The minimum Gasteiger partial charge on any atom is -0.478 e. The zero-order chi connectivity index (χ0) is 12.3. The van der Waals surface area contributed by atoms with E-state index in [1.165, 1.54) is 6.08 Å². The second kappa shape index (κ2) is 4.65. The van der Waals surface area contributed by atoms with Gasteiger partial charge in [0.25, 0.3) is 0 Å². The number of hydrogen-bond donors (Lipinski definition) is 1. The molecule has 0 spiro atoms. The Bertz CT molecular complexity index is 556. The fourth-order valence-electron chi connectivity index (χ4n) is 1.54. The molecule has 4 nitrogen and oxygen atoms in total. The number of carboxylic acids is 1. The predicted molar refractivity (Wildman–Crippen MR) is 65.3 cm³/mol. The van der Waals surface area contributed by atoms with Crippen LogP contribution in [0.3, 0.4) is 0 Å². The molecule has 1 heterocycles. The van der Waals surface area contributed by atoms with E-state index in [1.54, 1.807) is 11.7 Å². The molecule has 17 heavy (non-hydrogen) atoms. The summed E-state index contributed by atoms with van der Waals surface area (Å²) in [6, 6.07) is 11.6. The van der Waals surface area contributed by atoms with E-state index in [4.69, 9.17) is 5.11 Å². The Morgan fingerprint density at radius 3 is 2.71 bits per heavy atom. The SMILES string of the molecule is Cn1nc(-c2ccccc2)cc1/C=C/C(=O)O. The zero-order valence-corrected chi connectivity index (χ0v) is 9.37.